The Hall–Kier alpha value is -3.24. The van der Waals surface area contributed by atoms with Gasteiger partial charge in [0.1, 0.15) is 5.54 Å². The highest BCUT2D eigenvalue weighted by molar-refractivity contribution is 7.89. The molecule has 2 aromatic rings. The topological polar surface area (TPSA) is 125 Å². The first-order valence-electron chi connectivity index (χ1n) is 10.2. The number of amides is 4. The monoisotopic (exact) mass is 456 g/mol. The molecule has 0 spiro atoms. The van der Waals surface area contributed by atoms with Crippen molar-refractivity contribution in [3.05, 3.63) is 59.2 Å². The number of aryl methyl sites for hydroxylation is 1. The Kier molecular flexibility index (Phi) is 5.51. The number of imide groups is 1. The van der Waals surface area contributed by atoms with Crippen LogP contribution < -0.4 is 20.3 Å². The van der Waals surface area contributed by atoms with Gasteiger partial charge in [-0.25, -0.2) is 17.9 Å². The minimum atomic E-state index is -3.80. The summed E-state index contributed by atoms with van der Waals surface area (Å²) in [6.07, 6.45) is 1.48. The van der Waals surface area contributed by atoms with E-state index < -0.39 is 27.5 Å². The zero-order valence-electron chi connectivity index (χ0n) is 17.8. The molecule has 9 nitrogen and oxygen atoms in total. The van der Waals surface area contributed by atoms with Crippen LogP contribution in [0, 0.1) is 0 Å². The summed E-state index contributed by atoms with van der Waals surface area (Å²) in [6.45, 7) is 3.73. The van der Waals surface area contributed by atoms with Crippen molar-refractivity contribution in [2.75, 3.05) is 11.4 Å². The highest BCUT2D eigenvalue weighted by Crippen LogP contribution is 2.30. The van der Waals surface area contributed by atoms with E-state index in [1.807, 2.05) is 0 Å². The summed E-state index contributed by atoms with van der Waals surface area (Å²) in [5, 5.41) is 4.81. The molecule has 1 saturated heterocycles. The second-order valence-corrected chi connectivity index (χ2v) is 9.89. The Bertz CT molecular complexity index is 1230. The van der Waals surface area contributed by atoms with E-state index in [2.05, 4.69) is 15.4 Å². The molecule has 1 unspecified atom stereocenters. The van der Waals surface area contributed by atoms with Crippen molar-refractivity contribution in [2.45, 2.75) is 43.7 Å². The molecule has 3 N–H and O–H groups in total. The van der Waals surface area contributed by atoms with Gasteiger partial charge in [0.05, 0.1) is 4.90 Å². The SMILES string of the molecule is CC(=O)N1CCCc2cc(S(=O)(=O)NCc3cccc(C4(C)NC(=O)NC4=O)c3)ccc21. The van der Waals surface area contributed by atoms with Gasteiger partial charge in [-0.15, -0.1) is 0 Å². The van der Waals surface area contributed by atoms with Gasteiger partial charge in [-0.05, 0) is 54.7 Å². The molecule has 0 aromatic heterocycles. The summed E-state index contributed by atoms with van der Waals surface area (Å²) >= 11 is 0. The second-order valence-electron chi connectivity index (χ2n) is 8.12. The summed E-state index contributed by atoms with van der Waals surface area (Å²) in [5.41, 5.74) is 1.55. The largest absolute Gasteiger partial charge is 0.322 e. The number of carbonyl (C=O) groups is 3. The van der Waals surface area contributed by atoms with Gasteiger partial charge in [0.25, 0.3) is 5.91 Å². The van der Waals surface area contributed by atoms with Crippen LogP contribution in [0.2, 0.25) is 0 Å². The molecule has 2 aliphatic rings. The van der Waals surface area contributed by atoms with E-state index in [-0.39, 0.29) is 17.3 Å². The van der Waals surface area contributed by atoms with Crippen LogP contribution in [0.5, 0.6) is 0 Å². The standard InChI is InChI=1S/C22H24N4O5S/c1-14(27)26-10-4-6-16-12-18(8-9-19(16)26)32(30,31)23-13-15-5-3-7-17(11-15)22(2)20(28)24-21(29)25-22/h3,5,7-9,11-12,23H,4,6,10,13H2,1-2H3,(H2,24,25,28,29). The molecule has 10 heteroatoms. The second kappa shape index (κ2) is 8.03. The van der Waals surface area contributed by atoms with E-state index in [9.17, 15) is 22.8 Å². The van der Waals surface area contributed by atoms with Gasteiger partial charge in [0, 0.05) is 25.7 Å². The first kappa shape index (κ1) is 22.0. The molecule has 32 heavy (non-hydrogen) atoms. The van der Waals surface area contributed by atoms with E-state index in [0.29, 0.717) is 24.1 Å². The van der Waals surface area contributed by atoms with Crippen molar-refractivity contribution >= 4 is 33.6 Å². The zero-order valence-corrected chi connectivity index (χ0v) is 18.6. The predicted molar refractivity (Wildman–Crippen MR) is 117 cm³/mol. The van der Waals surface area contributed by atoms with E-state index in [1.54, 1.807) is 48.2 Å². The van der Waals surface area contributed by atoms with Crippen molar-refractivity contribution in [3.8, 4) is 0 Å². The molecule has 0 radical (unpaired) electrons. The Morgan fingerprint density at radius 3 is 2.66 bits per heavy atom. The quantitative estimate of drug-likeness (QED) is 0.589. The van der Waals surface area contributed by atoms with Crippen LogP contribution in [0.4, 0.5) is 10.5 Å². The molecule has 0 aliphatic carbocycles. The number of carbonyl (C=O) groups excluding carboxylic acids is 3. The maximum Gasteiger partial charge on any atom is 0.322 e. The van der Waals surface area contributed by atoms with Crippen LogP contribution in [0.15, 0.2) is 47.4 Å². The lowest BCUT2D eigenvalue weighted by atomic mass is 9.91. The van der Waals surface area contributed by atoms with Crippen LogP contribution in [-0.4, -0.2) is 32.8 Å². The third-order valence-electron chi connectivity index (χ3n) is 5.88. The van der Waals surface area contributed by atoms with Gasteiger partial charge < -0.3 is 10.2 Å². The minimum Gasteiger partial charge on any atom is -0.320 e. The molecule has 2 heterocycles. The first-order valence-corrected chi connectivity index (χ1v) is 11.7. The highest BCUT2D eigenvalue weighted by atomic mass is 32.2. The smallest absolute Gasteiger partial charge is 0.320 e. The Labute approximate surface area is 186 Å². The maximum atomic E-state index is 12.9. The number of hydrogen-bond acceptors (Lipinski definition) is 5. The summed E-state index contributed by atoms with van der Waals surface area (Å²) in [4.78, 5) is 37.3. The van der Waals surface area contributed by atoms with Gasteiger partial charge in [0.2, 0.25) is 15.9 Å². The third kappa shape index (κ3) is 3.98. The van der Waals surface area contributed by atoms with Crippen molar-refractivity contribution in [3.63, 3.8) is 0 Å². The van der Waals surface area contributed by atoms with Crippen LogP contribution in [0.3, 0.4) is 0 Å². The van der Waals surface area contributed by atoms with Gasteiger partial charge in [-0.2, -0.15) is 0 Å². The lowest BCUT2D eigenvalue weighted by Gasteiger charge is -2.28. The van der Waals surface area contributed by atoms with Gasteiger partial charge >= 0.3 is 6.03 Å². The fourth-order valence-electron chi connectivity index (χ4n) is 4.07. The third-order valence-corrected chi connectivity index (χ3v) is 7.27. The molecule has 2 aliphatic heterocycles. The van der Waals surface area contributed by atoms with Crippen LogP contribution in [-0.2, 0) is 38.1 Å². The Morgan fingerprint density at radius 1 is 1.19 bits per heavy atom. The number of urea groups is 1. The summed E-state index contributed by atoms with van der Waals surface area (Å²) in [6, 6.07) is 11.0. The van der Waals surface area contributed by atoms with E-state index in [4.69, 9.17) is 0 Å². The van der Waals surface area contributed by atoms with Gasteiger partial charge in [-0.3, -0.25) is 14.9 Å². The average Bonchev–Trinajstić information content (AvgIpc) is 3.03. The normalized spacial score (nSPS) is 20.5. The Morgan fingerprint density at radius 2 is 1.97 bits per heavy atom. The zero-order chi connectivity index (χ0) is 23.1. The number of benzene rings is 2. The van der Waals surface area contributed by atoms with Crippen LogP contribution >= 0.6 is 0 Å². The number of fused-ring (bicyclic) bond motifs is 1. The molecule has 4 amide bonds. The fraction of sp³-hybridized carbons (Fsp3) is 0.318. The number of rotatable bonds is 5. The molecular formula is C22H24N4O5S. The minimum absolute atomic E-state index is 0.0124. The van der Waals surface area contributed by atoms with Gasteiger partial charge in [0.15, 0.2) is 0 Å². The number of nitrogens with zero attached hydrogens (tertiary/aromatic N) is 1. The van der Waals surface area contributed by atoms with Crippen molar-refractivity contribution in [2.24, 2.45) is 0 Å². The molecular weight excluding hydrogens is 432 g/mol. The van der Waals surface area contributed by atoms with Crippen LogP contribution in [0.25, 0.3) is 0 Å². The first-order chi connectivity index (χ1) is 15.1. The molecule has 1 atom stereocenters. The molecule has 4 rings (SSSR count). The van der Waals surface area contributed by atoms with Crippen molar-refractivity contribution in [1.82, 2.24) is 15.4 Å². The summed E-state index contributed by atoms with van der Waals surface area (Å²) in [7, 11) is -3.80. The molecule has 0 bridgehead atoms. The predicted octanol–water partition coefficient (Wildman–Crippen LogP) is 1.52. The van der Waals surface area contributed by atoms with Crippen molar-refractivity contribution < 1.29 is 22.8 Å². The molecule has 1 fully saturated rings. The number of hydrogen-bond donors (Lipinski definition) is 3. The van der Waals surface area contributed by atoms with E-state index in [0.717, 1.165) is 17.7 Å². The lowest BCUT2D eigenvalue weighted by Crippen LogP contribution is -2.40. The molecule has 2 aromatic carbocycles. The average molecular weight is 457 g/mol. The number of sulfonamides is 1. The van der Waals surface area contributed by atoms with Gasteiger partial charge in [-0.1, -0.05) is 24.3 Å². The highest BCUT2D eigenvalue weighted by Gasteiger charge is 2.43. The van der Waals surface area contributed by atoms with E-state index >= 15 is 0 Å². The van der Waals surface area contributed by atoms with E-state index in [1.165, 1.54) is 13.0 Å². The molecule has 0 saturated carbocycles. The number of nitrogens with one attached hydrogen (secondary N) is 3. The Balaban J connectivity index is 1.53. The molecule has 168 valence electrons. The summed E-state index contributed by atoms with van der Waals surface area (Å²) in [5.74, 6) is -0.533. The fourth-order valence-corrected chi connectivity index (χ4v) is 5.14. The number of anilines is 1. The maximum absolute atomic E-state index is 12.9. The summed E-state index contributed by atoms with van der Waals surface area (Å²) < 4.78 is 28.4. The lowest BCUT2D eigenvalue weighted by molar-refractivity contribution is -0.123. The van der Waals surface area contributed by atoms with Crippen LogP contribution in [0.1, 0.15) is 37.0 Å². The van der Waals surface area contributed by atoms with Crippen molar-refractivity contribution in [1.29, 1.82) is 0 Å².